The average Bonchev–Trinajstić information content (AvgIpc) is 2.41. The van der Waals surface area contributed by atoms with Crippen LogP contribution in [0.1, 0.15) is 32.3 Å². The summed E-state index contributed by atoms with van der Waals surface area (Å²) in [4.78, 5) is 14.7. The molecule has 1 saturated heterocycles. The molecular formula is C16H22Cl2N2O. The Morgan fingerprint density at radius 2 is 2.10 bits per heavy atom. The highest BCUT2D eigenvalue weighted by molar-refractivity contribution is 6.42. The van der Waals surface area contributed by atoms with Gasteiger partial charge in [-0.1, -0.05) is 35.3 Å². The van der Waals surface area contributed by atoms with E-state index in [2.05, 4.69) is 17.3 Å². The monoisotopic (exact) mass is 328 g/mol. The minimum atomic E-state index is -0.547. The van der Waals surface area contributed by atoms with E-state index in [1.807, 2.05) is 26.0 Å². The van der Waals surface area contributed by atoms with Crippen molar-refractivity contribution in [2.75, 3.05) is 20.1 Å². The van der Waals surface area contributed by atoms with E-state index in [0.717, 1.165) is 31.5 Å². The first-order valence-electron chi connectivity index (χ1n) is 7.26. The van der Waals surface area contributed by atoms with Crippen molar-refractivity contribution in [3.63, 3.8) is 0 Å². The van der Waals surface area contributed by atoms with Crippen LogP contribution in [-0.4, -0.2) is 30.9 Å². The van der Waals surface area contributed by atoms with E-state index in [4.69, 9.17) is 23.2 Å². The molecule has 2 rings (SSSR count). The van der Waals surface area contributed by atoms with Gasteiger partial charge in [0.25, 0.3) is 0 Å². The lowest BCUT2D eigenvalue weighted by Crippen LogP contribution is -2.48. The summed E-state index contributed by atoms with van der Waals surface area (Å²) in [5, 5.41) is 4.14. The fourth-order valence-corrected chi connectivity index (χ4v) is 3.38. The van der Waals surface area contributed by atoms with E-state index in [-0.39, 0.29) is 11.8 Å². The molecule has 1 amide bonds. The van der Waals surface area contributed by atoms with Crippen molar-refractivity contribution < 1.29 is 4.79 Å². The molecule has 1 aromatic rings. The van der Waals surface area contributed by atoms with Crippen LogP contribution in [0, 0.1) is 5.92 Å². The molecule has 116 valence electrons. The second-order valence-electron chi connectivity index (χ2n) is 6.32. The van der Waals surface area contributed by atoms with Gasteiger partial charge in [0.05, 0.1) is 21.5 Å². The number of carbonyl (C=O) groups is 1. The van der Waals surface area contributed by atoms with Crippen LogP contribution in [0.15, 0.2) is 18.2 Å². The molecule has 3 nitrogen and oxygen atoms in total. The maximum Gasteiger partial charge on any atom is 0.225 e. The number of nitrogens with zero attached hydrogens (tertiary/aromatic N) is 1. The minimum absolute atomic E-state index is 0.0426. The van der Waals surface area contributed by atoms with Gasteiger partial charge in [-0.2, -0.15) is 0 Å². The molecule has 0 spiro atoms. The Morgan fingerprint density at radius 3 is 2.76 bits per heavy atom. The van der Waals surface area contributed by atoms with Crippen LogP contribution < -0.4 is 5.32 Å². The molecule has 0 aliphatic carbocycles. The lowest BCUT2D eigenvalue weighted by Gasteiger charge is -2.33. The summed E-state index contributed by atoms with van der Waals surface area (Å²) in [6, 6.07) is 5.51. The van der Waals surface area contributed by atoms with Crippen LogP contribution in [-0.2, 0) is 10.3 Å². The predicted octanol–water partition coefficient (Wildman–Crippen LogP) is 3.69. The predicted molar refractivity (Wildman–Crippen MR) is 87.9 cm³/mol. The van der Waals surface area contributed by atoms with Crippen LogP contribution in [0.3, 0.4) is 0 Å². The zero-order chi connectivity index (χ0) is 15.6. The van der Waals surface area contributed by atoms with Crippen LogP contribution >= 0.6 is 23.2 Å². The summed E-state index contributed by atoms with van der Waals surface area (Å²) in [7, 11) is 2.05. The zero-order valence-electron chi connectivity index (χ0n) is 12.7. The van der Waals surface area contributed by atoms with Crippen molar-refractivity contribution >= 4 is 29.1 Å². The number of carbonyl (C=O) groups excluding carboxylic acids is 1. The summed E-state index contributed by atoms with van der Waals surface area (Å²) in [6.07, 6.45) is 2.00. The fraction of sp³-hybridized carbons (Fsp3) is 0.562. The number of likely N-dealkylation sites (tertiary alicyclic amines) is 1. The topological polar surface area (TPSA) is 32.3 Å². The largest absolute Gasteiger partial charge is 0.347 e. The molecule has 0 aromatic heterocycles. The van der Waals surface area contributed by atoms with Gasteiger partial charge in [-0.15, -0.1) is 0 Å². The molecule has 1 N–H and O–H groups in total. The molecular weight excluding hydrogens is 307 g/mol. The van der Waals surface area contributed by atoms with E-state index in [1.54, 1.807) is 6.07 Å². The molecule has 1 heterocycles. The summed E-state index contributed by atoms with van der Waals surface area (Å²) >= 11 is 12.4. The van der Waals surface area contributed by atoms with E-state index in [1.165, 1.54) is 0 Å². The normalized spacial score (nSPS) is 20.3. The van der Waals surface area contributed by atoms with E-state index >= 15 is 0 Å². The first-order valence-corrected chi connectivity index (χ1v) is 8.02. The Labute approximate surface area is 136 Å². The number of halogens is 2. The van der Waals surface area contributed by atoms with Crippen LogP contribution in [0.5, 0.6) is 0 Å². The van der Waals surface area contributed by atoms with Crippen LogP contribution in [0.4, 0.5) is 0 Å². The van der Waals surface area contributed by atoms with Crippen LogP contribution in [0.2, 0.25) is 10.0 Å². The van der Waals surface area contributed by atoms with Gasteiger partial charge in [0.2, 0.25) is 5.91 Å². The first-order chi connectivity index (χ1) is 9.81. The first kappa shape index (κ1) is 16.6. The summed E-state index contributed by atoms with van der Waals surface area (Å²) in [6.45, 7) is 5.78. The Bertz CT molecular complexity index is 531. The number of rotatable bonds is 3. The third-order valence-electron chi connectivity index (χ3n) is 4.06. The molecule has 21 heavy (non-hydrogen) atoms. The van der Waals surface area contributed by atoms with Crippen LogP contribution in [0.25, 0.3) is 0 Å². The van der Waals surface area contributed by atoms with Gasteiger partial charge in [-0.25, -0.2) is 0 Å². The van der Waals surface area contributed by atoms with Crippen molar-refractivity contribution in [3.8, 4) is 0 Å². The fourth-order valence-electron chi connectivity index (χ4n) is 2.84. The smallest absolute Gasteiger partial charge is 0.225 e. The quantitative estimate of drug-likeness (QED) is 0.917. The number of hydrogen-bond acceptors (Lipinski definition) is 2. The lowest BCUT2D eigenvalue weighted by molar-refractivity contribution is -0.128. The van der Waals surface area contributed by atoms with Gasteiger partial charge in [0, 0.05) is 6.54 Å². The molecule has 5 heteroatoms. The zero-order valence-corrected chi connectivity index (χ0v) is 14.3. The third kappa shape index (κ3) is 3.91. The molecule has 0 saturated carbocycles. The molecule has 1 fully saturated rings. The summed E-state index contributed by atoms with van der Waals surface area (Å²) in [5.41, 5.74) is 0.295. The Hall–Kier alpha value is -0.770. The molecule has 0 bridgehead atoms. The average molecular weight is 329 g/mol. The standard InChI is InChI=1S/C16H22Cl2N2O/c1-16(2,12-7-4-8-13(17)14(12)18)19-15(21)11-6-5-9-20(3)10-11/h4,7-8,11H,5-6,9-10H2,1-3H3,(H,19,21)/t11-/m0/s1. The second-order valence-corrected chi connectivity index (χ2v) is 7.10. The molecule has 0 unspecified atom stereocenters. The van der Waals surface area contributed by atoms with Crippen molar-refractivity contribution in [3.05, 3.63) is 33.8 Å². The number of hydrogen-bond donors (Lipinski definition) is 1. The molecule has 1 aromatic carbocycles. The maximum absolute atomic E-state index is 12.5. The highest BCUT2D eigenvalue weighted by Gasteiger charge is 2.31. The summed E-state index contributed by atoms with van der Waals surface area (Å²) in [5.74, 6) is 0.128. The second kappa shape index (κ2) is 6.55. The molecule has 1 aliphatic heterocycles. The van der Waals surface area contributed by atoms with E-state index < -0.39 is 5.54 Å². The van der Waals surface area contributed by atoms with Crippen molar-refractivity contribution in [2.45, 2.75) is 32.2 Å². The minimum Gasteiger partial charge on any atom is -0.347 e. The number of benzene rings is 1. The Kier molecular flexibility index (Phi) is 5.18. The number of nitrogens with one attached hydrogen (secondary N) is 1. The lowest BCUT2D eigenvalue weighted by atomic mass is 9.91. The SMILES string of the molecule is CN1CCC[C@H](C(=O)NC(C)(C)c2cccc(Cl)c2Cl)C1. The van der Waals surface area contributed by atoms with Gasteiger partial charge in [0.15, 0.2) is 0 Å². The highest BCUT2D eigenvalue weighted by atomic mass is 35.5. The van der Waals surface area contributed by atoms with Gasteiger partial charge < -0.3 is 10.2 Å². The van der Waals surface area contributed by atoms with E-state index in [9.17, 15) is 4.79 Å². The van der Waals surface area contributed by atoms with Gasteiger partial charge >= 0.3 is 0 Å². The third-order valence-corrected chi connectivity index (χ3v) is 4.87. The molecule has 1 aliphatic rings. The van der Waals surface area contributed by atoms with Gasteiger partial charge in [-0.3, -0.25) is 4.79 Å². The maximum atomic E-state index is 12.5. The van der Waals surface area contributed by atoms with Crippen molar-refractivity contribution in [1.29, 1.82) is 0 Å². The Morgan fingerprint density at radius 1 is 1.38 bits per heavy atom. The van der Waals surface area contributed by atoms with E-state index in [0.29, 0.717) is 10.0 Å². The van der Waals surface area contributed by atoms with Crippen molar-refractivity contribution in [2.24, 2.45) is 5.92 Å². The van der Waals surface area contributed by atoms with Gasteiger partial charge in [-0.05, 0) is 51.9 Å². The number of amides is 1. The molecule has 0 radical (unpaired) electrons. The number of piperidine rings is 1. The highest BCUT2D eigenvalue weighted by Crippen LogP contribution is 2.33. The van der Waals surface area contributed by atoms with Crippen molar-refractivity contribution in [1.82, 2.24) is 10.2 Å². The molecule has 1 atom stereocenters. The Balaban J connectivity index is 2.13. The van der Waals surface area contributed by atoms with Gasteiger partial charge in [0.1, 0.15) is 0 Å². The summed E-state index contributed by atoms with van der Waals surface area (Å²) < 4.78 is 0.